The number of aromatic nitrogens is 2. The van der Waals surface area contributed by atoms with Gasteiger partial charge in [-0.2, -0.15) is 5.10 Å². The smallest absolute Gasteiger partial charge is 0.254 e. The van der Waals surface area contributed by atoms with Crippen LogP contribution in [0.15, 0.2) is 30.5 Å². The number of rotatable bonds is 4. The third-order valence-electron chi connectivity index (χ3n) is 4.61. The molecule has 1 aromatic heterocycles. The van der Waals surface area contributed by atoms with Crippen LogP contribution in [0.4, 0.5) is 4.39 Å². The molecule has 2 atom stereocenters. The fourth-order valence-corrected chi connectivity index (χ4v) is 3.25. The van der Waals surface area contributed by atoms with Gasteiger partial charge < -0.3 is 11.1 Å². The molecule has 3 rings (SSSR count). The van der Waals surface area contributed by atoms with Gasteiger partial charge in [0.05, 0.1) is 17.5 Å². The minimum Gasteiger partial charge on any atom is -0.349 e. The Bertz CT molecular complexity index is 718. The number of hydrogen-bond donors (Lipinski definition) is 2. The molecule has 1 aliphatic carbocycles. The first kappa shape index (κ1) is 18.4. The zero-order valence-corrected chi connectivity index (χ0v) is 14.4. The van der Waals surface area contributed by atoms with Crippen molar-refractivity contribution in [3.63, 3.8) is 0 Å². The Kier molecular flexibility index (Phi) is 5.96. The molecule has 130 valence electrons. The Labute approximate surface area is 146 Å². The highest BCUT2D eigenvalue weighted by molar-refractivity contribution is 5.95. The summed E-state index contributed by atoms with van der Waals surface area (Å²) in [6.07, 6.45) is 4.58. The Morgan fingerprint density at radius 2 is 2.17 bits per heavy atom. The molecule has 2 aromatic rings. The number of halogens is 2. The fourth-order valence-electron chi connectivity index (χ4n) is 3.25. The number of nitrogens with one attached hydrogen (secondary N) is 1. The summed E-state index contributed by atoms with van der Waals surface area (Å²) < 4.78 is 15.4. The van der Waals surface area contributed by atoms with Gasteiger partial charge in [0.15, 0.2) is 0 Å². The minimum atomic E-state index is -0.371. The van der Waals surface area contributed by atoms with E-state index in [-0.39, 0.29) is 30.2 Å². The number of carbonyl (C=O) groups excluding carboxylic acids is 1. The highest BCUT2D eigenvalue weighted by Gasteiger charge is 2.28. The van der Waals surface area contributed by atoms with E-state index in [4.69, 9.17) is 5.73 Å². The molecule has 3 N–H and O–H groups in total. The number of benzene rings is 1. The van der Waals surface area contributed by atoms with Crippen molar-refractivity contribution in [1.82, 2.24) is 15.1 Å². The number of nitrogens with zero attached hydrogens (tertiary/aromatic N) is 2. The van der Waals surface area contributed by atoms with Crippen LogP contribution in [0.2, 0.25) is 0 Å². The topological polar surface area (TPSA) is 72.9 Å². The molecule has 0 saturated heterocycles. The van der Waals surface area contributed by atoms with Gasteiger partial charge in [0.2, 0.25) is 0 Å². The van der Waals surface area contributed by atoms with Gasteiger partial charge in [-0.25, -0.2) is 9.07 Å². The summed E-state index contributed by atoms with van der Waals surface area (Å²) in [4.78, 5) is 12.5. The summed E-state index contributed by atoms with van der Waals surface area (Å²) in [7, 11) is 0. The monoisotopic (exact) mass is 352 g/mol. The molecule has 1 fully saturated rings. The molecular weight excluding hydrogens is 331 g/mol. The Balaban J connectivity index is 0.00000208. The largest absolute Gasteiger partial charge is 0.349 e. The summed E-state index contributed by atoms with van der Waals surface area (Å²) in [5.74, 6) is -0.207. The molecule has 24 heavy (non-hydrogen) atoms. The van der Waals surface area contributed by atoms with Crippen molar-refractivity contribution in [3.05, 3.63) is 47.5 Å². The Morgan fingerprint density at radius 1 is 1.42 bits per heavy atom. The lowest BCUT2D eigenvalue weighted by Gasteiger charge is -2.19. The maximum absolute atomic E-state index is 13.9. The van der Waals surface area contributed by atoms with E-state index in [0.717, 1.165) is 19.3 Å². The highest BCUT2D eigenvalue weighted by atomic mass is 35.5. The van der Waals surface area contributed by atoms with Crippen molar-refractivity contribution in [2.75, 3.05) is 6.54 Å². The molecule has 2 unspecified atom stereocenters. The molecule has 1 amide bonds. The van der Waals surface area contributed by atoms with Crippen molar-refractivity contribution in [1.29, 1.82) is 0 Å². The first-order valence-corrected chi connectivity index (χ1v) is 7.92. The van der Waals surface area contributed by atoms with Gasteiger partial charge in [0.25, 0.3) is 5.91 Å². The van der Waals surface area contributed by atoms with E-state index in [2.05, 4.69) is 10.4 Å². The zero-order chi connectivity index (χ0) is 16.4. The lowest BCUT2D eigenvalue weighted by molar-refractivity contribution is 0.0928. The highest BCUT2D eigenvalue weighted by Crippen LogP contribution is 2.25. The van der Waals surface area contributed by atoms with Crippen molar-refractivity contribution in [2.45, 2.75) is 32.2 Å². The number of para-hydroxylation sites is 1. The average Bonchev–Trinajstić information content (AvgIpc) is 3.14. The molecule has 0 bridgehead atoms. The van der Waals surface area contributed by atoms with Crippen LogP contribution < -0.4 is 11.1 Å². The van der Waals surface area contributed by atoms with Crippen molar-refractivity contribution < 1.29 is 9.18 Å². The molecule has 1 aliphatic rings. The van der Waals surface area contributed by atoms with Gasteiger partial charge in [0, 0.05) is 6.04 Å². The van der Waals surface area contributed by atoms with Crippen molar-refractivity contribution >= 4 is 18.3 Å². The summed E-state index contributed by atoms with van der Waals surface area (Å²) in [6, 6.07) is 6.49. The van der Waals surface area contributed by atoms with Crippen LogP contribution in [0.25, 0.3) is 5.69 Å². The molecule has 5 nitrogen and oxygen atoms in total. The van der Waals surface area contributed by atoms with Crippen LogP contribution in [0.1, 0.15) is 35.3 Å². The maximum atomic E-state index is 13.9. The lowest BCUT2D eigenvalue weighted by Crippen LogP contribution is -2.40. The Hall–Kier alpha value is -1.92. The molecule has 0 aliphatic heterocycles. The summed E-state index contributed by atoms with van der Waals surface area (Å²) >= 11 is 0. The van der Waals surface area contributed by atoms with Gasteiger partial charge in [-0.3, -0.25) is 4.79 Å². The third-order valence-corrected chi connectivity index (χ3v) is 4.61. The lowest BCUT2D eigenvalue weighted by atomic mass is 10.0. The second kappa shape index (κ2) is 7.77. The maximum Gasteiger partial charge on any atom is 0.254 e. The molecule has 0 radical (unpaired) electrons. The predicted octanol–water partition coefficient (Wildman–Crippen LogP) is 2.60. The fraction of sp³-hybridized carbons (Fsp3) is 0.412. The van der Waals surface area contributed by atoms with E-state index < -0.39 is 0 Å². The van der Waals surface area contributed by atoms with Gasteiger partial charge in [-0.15, -0.1) is 12.4 Å². The normalized spacial score (nSPS) is 19.8. The van der Waals surface area contributed by atoms with Crippen LogP contribution in [0, 0.1) is 18.7 Å². The average molecular weight is 353 g/mol. The molecule has 0 spiro atoms. The number of nitrogens with two attached hydrogens (primary N) is 1. The standard InChI is InChI=1S/C17H21FN4O.ClH/c1-11-13(17(23)21-15-7-4-5-12(15)9-19)10-20-22(11)16-8-3-2-6-14(16)18;/h2-3,6,8,10,12,15H,4-5,7,9,19H2,1H3,(H,21,23);1H. The summed E-state index contributed by atoms with van der Waals surface area (Å²) in [5, 5.41) is 7.22. The summed E-state index contributed by atoms with van der Waals surface area (Å²) in [6.45, 7) is 2.35. The zero-order valence-electron chi connectivity index (χ0n) is 13.5. The molecule has 1 aromatic carbocycles. The van der Waals surface area contributed by atoms with Crippen LogP contribution >= 0.6 is 12.4 Å². The van der Waals surface area contributed by atoms with E-state index in [1.807, 2.05) is 0 Å². The third kappa shape index (κ3) is 3.44. The second-order valence-electron chi connectivity index (χ2n) is 6.01. The molecule has 7 heteroatoms. The quantitative estimate of drug-likeness (QED) is 0.888. The second-order valence-corrected chi connectivity index (χ2v) is 6.01. The summed E-state index contributed by atoms with van der Waals surface area (Å²) in [5.41, 5.74) is 7.18. The first-order chi connectivity index (χ1) is 11.1. The minimum absolute atomic E-state index is 0. The molecule has 1 heterocycles. The first-order valence-electron chi connectivity index (χ1n) is 7.92. The Morgan fingerprint density at radius 3 is 2.88 bits per heavy atom. The van der Waals surface area contributed by atoms with Crippen molar-refractivity contribution in [3.8, 4) is 5.69 Å². The van der Waals surface area contributed by atoms with Crippen LogP contribution in [0.3, 0.4) is 0 Å². The van der Waals surface area contributed by atoms with Crippen molar-refractivity contribution in [2.24, 2.45) is 11.7 Å². The number of amides is 1. The predicted molar refractivity (Wildman–Crippen MR) is 93.2 cm³/mol. The van der Waals surface area contributed by atoms with Gasteiger partial charge in [0.1, 0.15) is 11.5 Å². The van der Waals surface area contributed by atoms with Gasteiger partial charge in [-0.05, 0) is 44.4 Å². The van der Waals surface area contributed by atoms with E-state index >= 15 is 0 Å². The van der Waals surface area contributed by atoms with E-state index in [9.17, 15) is 9.18 Å². The van der Waals surface area contributed by atoms with Crippen LogP contribution in [-0.2, 0) is 0 Å². The van der Waals surface area contributed by atoms with Crippen LogP contribution in [-0.4, -0.2) is 28.3 Å². The van der Waals surface area contributed by atoms with E-state index in [0.29, 0.717) is 29.4 Å². The van der Waals surface area contributed by atoms with E-state index in [1.165, 1.54) is 16.9 Å². The number of carbonyl (C=O) groups is 1. The van der Waals surface area contributed by atoms with Crippen LogP contribution in [0.5, 0.6) is 0 Å². The molecular formula is C17H22ClFN4O. The SMILES string of the molecule is Cc1c(C(=O)NC2CCCC2CN)cnn1-c1ccccc1F.Cl. The molecule has 1 saturated carbocycles. The van der Waals surface area contributed by atoms with Gasteiger partial charge >= 0.3 is 0 Å². The van der Waals surface area contributed by atoms with E-state index in [1.54, 1.807) is 25.1 Å². The number of hydrogen-bond acceptors (Lipinski definition) is 3. The van der Waals surface area contributed by atoms with Gasteiger partial charge in [-0.1, -0.05) is 18.6 Å².